The van der Waals surface area contributed by atoms with Crippen LogP contribution in [0, 0.1) is 0 Å². The minimum Gasteiger partial charge on any atom is -0.490 e. The molecule has 0 fully saturated rings. The molecule has 0 saturated heterocycles. The number of para-hydroxylation sites is 3. The molecular formula is C14H15NO2. The first-order chi connectivity index (χ1) is 8.36. The standard InChI is InChI=1S/C14H15NO2/c15-13-8-4-5-9-14(13)17-11-10-16-12-6-2-1-3-7-12/h1-9H,10-11,15H2. The van der Waals surface area contributed by atoms with Gasteiger partial charge in [-0.25, -0.2) is 0 Å². The van der Waals surface area contributed by atoms with Gasteiger partial charge in [-0.05, 0) is 24.3 Å². The zero-order chi connectivity index (χ0) is 11.9. The van der Waals surface area contributed by atoms with Crippen molar-refractivity contribution in [3.05, 3.63) is 54.6 Å². The molecule has 0 heterocycles. The molecule has 0 amide bonds. The van der Waals surface area contributed by atoms with Crippen molar-refractivity contribution >= 4 is 5.69 Å². The molecule has 0 aromatic heterocycles. The van der Waals surface area contributed by atoms with Crippen molar-refractivity contribution in [2.45, 2.75) is 0 Å². The number of nitrogen functional groups attached to an aromatic ring is 1. The van der Waals surface area contributed by atoms with Gasteiger partial charge in [0.05, 0.1) is 5.69 Å². The van der Waals surface area contributed by atoms with Crippen molar-refractivity contribution in [2.24, 2.45) is 0 Å². The van der Waals surface area contributed by atoms with Gasteiger partial charge in [0, 0.05) is 0 Å². The molecule has 0 bridgehead atoms. The second kappa shape index (κ2) is 5.80. The van der Waals surface area contributed by atoms with Gasteiger partial charge in [0.2, 0.25) is 0 Å². The molecule has 0 aliphatic carbocycles. The summed E-state index contributed by atoms with van der Waals surface area (Å²) in [6.07, 6.45) is 0. The lowest BCUT2D eigenvalue weighted by atomic mass is 10.3. The van der Waals surface area contributed by atoms with Crippen LogP contribution in [0.5, 0.6) is 11.5 Å². The van der Waals surface area contributed by atoms with E-state index in [0.717, 1.165) is 5.75 Å². The number of nitrogens with two attached hydrogens (primary N) is 1. The van der Waals surface area contributed by atoms with Gasteiger partial charge >= 0.3 is 0 Å². The highest BCUT2D eigenvalue weighted by Gasteiger charge is 1.98. The average Bonchev–Trinajstić information content (AvgIpc) is 2.38. The van der Waals surface area contributed by atoms with Gasteiger partial charge in [-0.1, -0.05) is 30.3 Å². The highest BCUT2D eigenvalue weighted by atomic mass is 16.5. The minimum atomic E-state index is 0.475. The van der Waals surface area contributed by atoms with E-state index < -0.39 is 0 Å². The number of hydrogen-bond donors (Lipinski definition) is 1. The van der Waals surface area contributed by atoms with Crippen LogP contribution in [0.2, 0.25) is 0 Å². The maximum Gasteiger partial charge on any atom is 0.142 e. The molecule has 2 aromatic carbocycles. The summed E-state index contributed by atoms with van der Waals surface area (Å²) in [5, 5.41) is 0. The van der Waals surface area contributed by atoms with E-state index in [1.54, 1.807) is 0 Å². The Labute approximate surface area is 101 Å². The quantitative estimate of drug-likeness (QED) is 0.633. The molecule has 3 nitrogen and oxygen atoms in total. The maximum absolute atomic E-state index is 5.75. The Balaban J connectivity index is 1.76. The number of ether oxygens (including phenoxy) is 2. The van der Waals surface area contributed by atoms with E-state index in [1.807, 2.05) is 54.6 Å². The van der Waals surface area contributed by atoms with Crippen molar-refractivity contribution in [1.82, 2.24) is 0 Å². The molecule has 3 heteroatoms. The topological polar surface area (TPSA) is 44.5 Å². The average molecular weight is 229 g/mol. The second-order valence-electron chi connectivity index (χ2n) is 3.55. The van der Waals surface area contributed by atoms with Gasteiger partial charge < -0.3 is 15.2 Å². The molecule has 2 N–H and O–H groups in total. The van der Waals surface area contributed by atoms with Crippen LogP contribution in [0.25, 0.3) is 0 Å². The molecule has 0 aliphatic rings. The summed E-state index contributed by atoms with van der Waals surface area (Å²) in [7, 11) is 0. The second-order valence-corrected chi connectivity index (χ2v) is 3.55. The van der Waals surface area contributed by atoms with Crippen molar-refractivity contribution < 1.29 is 9.47 Å². The van der Waals surface area contributed by atoms with Crippen LogP contribution in [-0.2, 0) is 0 Å². The van der Waals surface area contributed by atoms with E-state index >= 15 is 0 Å². The smallest absolute Gasteiger partial charge is 0.142 e. The summed E-state index contributed by atoms with van der Waals surface area (Å²) in [6, 6.07) is 17.1. The molecule has 2 rings (SSSR count). The highest BCUT2D eigenvalue weighted by Crippen LogP contribution is 2.19. The third-order valence-corrected chi connectivity index (χ3v) is 2.27. The van der Waals surface area contributed by atoms with E-state index in [9.17, 15) is 0 Å². The molecular weight excluding hydrogens is 214 g/mol. The summed E-state index contributed by atoms with van der Waals surface area (Å²) in [5.74, 6) is 1.54. The maximum atomic E-state index is 5.75. The summed E-state index contributed by atoms with van der Waals surface area (Å²) >= 11 is 0. The predicted molar refractivity (Wildman–Crippen MR) is 68.3 cm³/mol. The normalized spacial score (nSPS) is 9.88. The van der Waals surface area contributed by atoms with E-state index in [2.05, 4.69) is 0 Å². The Morgan fingerprint density at radius 2 is 1.41 bits per heavy atom. The molecule has 0 spiro atoms. The first-order valence-electron chi connectivity index (χ1n) is 5.51. The monoisotopic (exact) mass is 229 g/mol. The van der Waals surface area contributed by atoms with E-state index in [4.69, 9.17) is 15.2 Å². The molecule has 0 radical (unpaired) electrons. The van der Waals surface area contributed by atoms with Gasteiger partial charge in [-0.15, -0.1) is 0 Å². The third-order valence-electron chi connectivity index (χ3n) is 2.27. The fourth-order valence-corrected chi connectivity index (χ4v) is 1.44. The van der Waals surface area contributed by atoms with Crippen LogP contribution >= 0.6 is 0 Å². The van der Waals surface area contributed by atoms with Gasteiger partial charge in [0.1, 0.15) is 24.7 Å². The van der Waals surface area contributed by atoms with Crippen LogP contribution < -0.4 is 15.2 Å². The number of rotatable bonds is 5. The van der Waals surface area contributed by atoms with Gasteiger partial charge in [-0.3, -0.25) is 0 Å². The van der Waals surface area contributed by atoms with Crippen molar-refractivity contribution in [3.63, 3.8) is 0 Å². The Hall–Kier alpha value is -2.16. The summed E-state index contributed by atoms with van der Waals surface area (Å²) < 4.78 is 11.0. The summed E-state index contributed by atoms with van der Waals surface area (Å²) in [5.41, 5.74) is 6.39. The molecule has 0 saturated carbocycles. The SMILES string of the molecule is Nc1ccccc1OCCOc1ccccc1. The van der Waals surface area contributed by atoms with Crippen molar-refractivity contribution in [2.75, 3.05) is 18.9 Å². The van der Waals surface area contributed by atoms with Gasteiger partial charge in [0.15, 0.2) is 0 Å². The fourth-order valence-electron chi connectivity index (χ4n) is 1.44. The van der Waals surface area contributed by atoms with Gasteiger partial charge in [-0.2, -0.15) is 0 Å². The number of anilines is 1. The predicted octanol–water partition coefficient (Wildman–Crippen LogP) is 2.73. The van der Waals surface area contributed by atoms with Gasteiger partial charge in [0.25, 0.3) is 0 Å². The first kappa shape index (κ1) is 11.3. The Morgan fingerprint density at radius 3 is 2.18 bits per heavy atom. The van der Waals surface area contributed by atoms with Crippen LogP contribution in [0.4, 0.5) is 5.69 Å². The molecule has 17 heavy (non-hydrogen) atoms. The lowest BCUT2D eigenvalue weighted by Gasteiger charge is -2.09. The Bertz CT molecular complexity index is 457. The van der Waals surface area contributed by atoms with Crippen LogP contribution in [0.15, 0.2) is 54.6 Å². The zero-order valence-corrected chi connectivity index (χ0v) is 9.50. The number of hydrogen-bond acceptors (Lipinski definition) is 3. The number of benzene rings is 2. The lowest BCUT2D eigenvalue weighted by Crippen LogP contribution is -2.09. The highest BCUT2D eigenvalue weighted by molar-refractivity contribution is 5.51. The van der Waals surface area contributed by atoms with E-state index in [-0.39, 0.29) is 0 Å². The lowest BCUT2D eigenvalue weighted by molar-refractivity contribution is 0.218. The molecule has 2 aromatic rings. The van der Waals surface area contributed by atoms with Crippen LogP contribution in [0.3, 0.4) is 0 Å². The minimum absolute atomic E-state index is 0.475. The van der Waals surface area contributed by atoms with Crippen LogP contribution in [0.1, 0.15) is 0 Å². The molecule has 0 atom stereocenters. The van der Waals surface area contributed by atoms with E-state index in [1.165, 1.54) is 0 Å². The summed E-state index contributed by atoms with van der Waals surface area (Å²) in [6.45, 7) is 0.974. The fraction of sp³-hybridized carbons (Fsp3) is 0.143. The molecule has 0 aliphatic heterocycles. The Morgan fingerprint density at radius 1 is 0.765 bits per heavy atom. The zero-order valence-electron chi connectivity index (χ0n) is 9.50. The van der Waals surface area contributed by atoms with Crippen LogP contribution in [-0.4, -0.2) is 13.2 Å². The summed E-state index contributed by atoms with van der Waals surface area (Å²) in [4.78, 5) is 0. The molecule has 88 valence electrons. The van der Waals surface area contributed by atoms with Crippen molar-refractivity contribution in [3.8, 4) is 11.5 Å². The third kappa shape index (κ3) is 3.41. The van der Waals surface area contributed by atoms with Crippen molar-refractivity contribution in [1.29, 1.82) is 0 Å². The Kier molecular flexibility index (Phi) is 3.86. The first-order valence-corrected chi connectivity index (χ1v) is 5.51. The molecule has 0 unspecified atom stereocenters. The van der Waals surface area contributed by atoms with E-state index in [0.29, 0.717) is 24.7 Å². The largest absolute Gasteiger partial charge is 0.490 e.